The molecule has 2 aromatic carbocycles. The van der Waals surface area contributed by atoms with Crippen LogP contribution in [0.3, 0.4) is 0 Å². The minimum atomic E-state index is -1.66. The number of hydrogen-bond donors (Lipinski definition) is 2. The highest BCUT2D eigenvalue weighted by Crippen LogP contribution is 2.19. The standard InChI is InChI=1S/C19H19ClF3N3O2/c1-26(10-16(27)24-9-8-12-2-4-13(20)5-3-12)11-17(28)25-15-7-6-14(21)18(22)19(15)23/h2-7H,8-11H2,1H3,(H,24,27)(H,25,28). The maximum atomic E-state index is 13.6. The quantitative estimate of drug-likeness (QED) is 0.654. The molecule has 0 aromatic heterocycles. The summed E-state index contributed by atoms with van der Waals surface area (Å²) in [6.45, 7) is 0.123. The number of rotatable bonds is 8. The van der Waals surface area contributed by atoms with Gasteiger partial charge < -0.3 is 10.6 Å². The number of nitrogens with one attached hydrogen (secondary N) is 2. The average molecular weight is 414 g/mol. The van der Waals surface area contributed by atoms with Crippen LogP contribution < -0.4 is 10.6 Å². The van der Waals surface area contributed by atoms with Crippen LogP contribution >= 0.6 is 11.6 Å². The van der Waals surface area contributed by atoms with E-state index < -0.39 is 29.0 Å². The van der Waals surface area contributed by atoms with Crippen molar-refractivity contribution in [1.29, 1.82) is 0 Å². The van der Waals surface area contributed by atoms with E-state index >= 15 is 0 Å². The van der Waals surface area contributed by atoms with Gasteiger partial charge in [0.2, 0.25) is 11.8 Å². The molecule has 0 heterocycles. The summed E-state index contributed by atoms with van der Waals surface area (Å²) in [5.41, 5.74) is 0.552. The fraction of sp³-hybridized carbons (Fsp3) is 0.263. The molecular weight excluding hydrogens is 395 g/mol. The first-order valence-electron chi connectivity index (χ1n) is 8.39. The van der Waals surface area contributed by atoms with Gasteiger partial charge in [0, 0.05) is 11.6 Å². The van der Waals surface area contributed by atoms with Crippen molar-refractivity contribution >= 4 is 29.1 Å². The Morgan fingerprint density at radius 2 is 1.61 bits per heavy atom. The van der Waals surface area contributed by atoms with Crippen molar-refractivity contribution in [3.63, 3.8) is 0 Å². The molecule has 0 saturated carbocycles. The maximum absolute atomic E-state index is 13.6. The summed E-state index contributed by atoms with van der Waals surface area (Å²) in [5.74, 6) is -5.44. The van der Waals surface area contributed by atoms with Crippen LogP contribution in [0.4, 0.5) is 18.9 Å². The number of nitrogens with zero attached hydrogens (tertiary/aromatic N) is 1. The van der Waals surface area contributed by atoms with E-state index in [4.69, 9.17) is 11.6 Å². The van der Waals surface area contributed by atoms with Gasteiger partial charge in [-0.25, -0.2) is 13.2 Å². The number of benzene rings is 2. The average Bonchev–Trinajstić information content (AvgIpc) is 2.63. The van der Waals surface area contributed by atoms with Crippen LogP contribution in [-0.4, -0.2) is 43.4 Å². The topological polar surface area (TPSA) is 61.4 Å². The fourth-order valence-corrected chi connectivity index (χ4v) is 2.54. The first-order valence-corrected chi connectivity index (χ1v) is 8.77. The number of likely N-dealkylation sites (N-methyl/N-ethyl adjacent to an activating group) is 1. The van der Waals surface area contributed by atoms with Gasteiger partial charge in [0.25, 0.3) is 0 Å². The summed E-state index contributed by atoms with van der Waals surface area (Å²) in [7, 11) is 1.53. The molecule has 150 valence electrons. The summed E-state index contributed by atoms with van der Waals surface area (Å²) in [5, 5.41) is 5.51. The molecule has 0 aliphatic heterocycles. The highest BCUT2D eigenvalue weighted by molar-refractivity contribution is 6.30. The lowest BCUT2D eigenvalue weighted by atomic mass is 10.1. The van der Waals surface area contributed by atoms with Gasteiger partial charge >= 0.3 is 0 Å². The van der Waals surface area contributed by atoms with Crippen molar-refractivity contribution in [2.45, 2.75) is 6.42 Å². The summed E-state index contributed by atoms with van der Waals surface area (Å²) in [6.07, 6.45) is 0.627. The molecule has 0 aliphatic carbocycles. The van der Waals surface area contributed by atoms with Crippen molar-refractivity contribution < 1.29 is 22.8 Å². The number of anilines is 1. The second-order valence-electron chi connectivity index (χ2n) is 6.17. The largest absolute Gasteiger partial charge is 0.355 e. The van der Waals surface area contributed by atoms with Gasteiger partial charge in [-0.1, -0.05) is 23.7 Å². The van der Waals surface area contributed by atoms with Crippen molar-refractivity contribution in [3.05, 3.63) is 64.4 Å². The van der Waals surface area contributed by atoms with E-state index in [2.05, 4.69) is 10.6 Å². The molecule has 2 amide bonds. The summed E-state index contributed by atoms with van der Waals surface area (Å²) >= 11 is 5.81. The van der Waals surface area contributed by atoms with Crippen LogP contribution in [0.5, 0.6) is 0 Å². The Hall–Kier alpha value is -2.58. The zero-order valence-corrected chi connectivity index (χ0v) is 15.8. The first-order chi connectivity index (χ1) is 13.3. The number of carbonyl (C=O) groups is 2. The van der Waals surface area contributed by atoms with Crippen LogP contribution in [0, 0.1) is 17.5 Å². The predicted molar refractivity (Wildman–Crippen MR) is 101 cm³/mol. The number of carbonyl (C=O) groups excluding carboxylic acids is 2. The van der Waals surface area contributed by atoms with Gasteiger partial charge in [-0.2, -0.15) is 0 Å². The molecule has 0 saturated heterocycles. The molecule has 0 atom stereocenters. The Balaban J connectivity index is 1.74. The van der Waals surface area contributed by atoms with E-state index in [0.29, 0.717) is 24.1 Å². The Kier molecular flexibility index (Phi) is 7.83. The van der Waals surface area contributed by atoms with E-state index in [0.717, 1.165) is 11.6 Å². The van der Waals surface area contributed by atoms with E-state index in [1.807, 2.05) is 12.1 Å². The summed E-state index contributed by atoms with van der Waals surface area (Å²) in [4.78, 5) is 25.2. The molecule has 0 aliphatic rings. The van der Waals surface area contributed by atoms with Crippen molar-refractivity contribution in [2.24, 2.45) is 0 Å². The first kappa shape index (κ1) is 21.7. The third-order valence-electron chi connectivity index (χ3n) is 3.79. The molecule has 2 N–H and O–H groups in total. The molecule has 9 heteroatoms. The van der Waals surface area contributed by atoms with Crippen molar-refractivity contribution in [2.75, 3.05) is 32.0 Å². The predicted octanol–water partition coefficient (Wildman–Crippen LogP) is 2.99. The summed E-state index contributed by atoms with van der Waals surface area (Å²) < 4.78 is 39.6. The number of amides is 2. The van der Waals surface area contributed by atoms with Crippen molar-refractivity contribution in [1.82, 2.24) is 10.2 Å². The zero-order valence-electron chi connectivity index (χ0n) is 15.1. The van der Waals surface area contributed by atoms with Gasteiger partial charge in [0.1, 0.15) is 0 Å². The van der Waals surface area contributed by atoms with Gasteiger partial charge in [-0.15, -0.1) is 0 Å². The molecule has 2 aromatic rings. The van der Waals surface area contributed by atoms with E-state index in [9.17, 15) is 22.8 Å². The minimum Gasteiger partial charge on any atom is -0.355 e. The van der Waals surface area contributed by atoms with E-state index in [1.165, 1.54) is 11.9 Å². The highest BCUT2D eigenvalue weighted by Gasteiger charge is 2.16. The Morgan fingerprint density at radius 1 is 0.964 bits per heavy atom. The van der Waals surface area contributed by atoms with Gasteiger partial charge in [-0.05, 0) is 43.3 Å². The maximum Gasteiger partial charge on any atom is 0.238 e. The third kappa shape index (κ3) is 6.54. The second kappa shape index (κ2) is 10.1. The molecule has 0 unspecified atom stereocenters. The second-order valence-corrected chi connectivity index (χ2v) is 6.61. The van der Waals surface area contributed by atoms with Gasteiger partial charge in [-0.3, -0.25) is 14.5 Å². The van der Waals surface area contributed by atoms with Crippen molar-refractivity contribution in [3.8, 4) is 0 Å². The van der Waals surface area contributed by atoms with E-state index in [1.54, 1.807) is 12.1 Å². The number of hydrogen-bond acceptors (Lipinski definition) is 3. The lowest BCUT2D eigenvalue weighted by molar-refractivity contribution is -0.122. The van der Waals surface area contributed by atoms with Crippen LogP contribution in [-0.2, 0) is 16.0 Å². The highest BCUT2D eigenvalue weighted by atomic mass is 35.5. The molecular formula is C19H19ClF3N3O2. The third-order valence-corrected chi connectivity index (χ3v) is 4.04. The van der Waals surface area contributed by atoms with Gasteiger partial charge in [0.05, 0.1) is 18.8 Å². The zero-order chi connectivity index (χ0) is 20.7. The van der Waals surface area contributed by atoms with Gasteiger partial charge in [0.15, 0.2) is 17.5 Å². The Labute approximate surface area is 165 Å². The molecule has 28 heavy (non-hydrogen) atoms. The molecule has 2 rings (SSSR count). The van der Waals surface area contributed by atoms with E-state index in [-0.39, 0.29) is 19.0 Å². The monoisotopic (exact) mass is 413 g/mol. The summed E-state index contributed by atoms with van der Waals surface area (Å²) in [6, 6.07) is 8.90. The molecule has 0 bridgehead atoms. The lowest BCUT2D eigenvalue weighted by Gasteiger charge is -2.16. The van der Waals surface area contributed by atoms with Crippen LogP contribution in [0.25, 0.3) is 0 Å². The lowest BCUT2D eigenvalue weighted by Crippen LogP contribution is -2.39. The molecule has 0 spiro atoms. The Bertz CT molecular complexity index is 847. The normalized spacial score (nSPS) is 10.8. The minimum absolute atomic E-state index is 0.0612. The van der Waals surface area contributed by atoms with Crippen LogP contribution in [0.2, 0.25) is 5.02 Å². The molecule has 5 nitrogen and oxygen atoms in total. The van der Waals surface area contributed by atoms with Crippen LogP contribution in [0.1, 0.15) is 5.56 Å². The fourth-order valence-electron chi connectivity index (χ4n) is 2.41. The number of halogens is 4. The smallest absolute Gasteiger partial charge is 0.238 e. The van der Waals surface area contributed by atoms with Crippen LogP contribution in [0.15, 0.2) is 36.4 Å². The molecule has 0 radical (unpaired) electrons. The SMILES string of the molecule is CN(CC(=O)NCCc1ccc(Cl)cc1)CC(=O)Nc1ccc(F)c(F)c1F. The Morgan fingerprint density at radius 3 is 2.29 bits per heavy atom. The molecule has 0 fully saturated rings.